The van der Waals surface area contributed by atoms with E-state index in [2.05, 4.69) is 41.5 Å². The molecular weight excluding hydrogens is 510 g/mol. The predicted molar refractivity (Wildman–Crippen MR) is 88.9 cm³/mol. The van der Waals surface area contributed by atoms with Gasteiger partial charge >= 0.3 is 49.6 Å². The van der Waals surface area contributed by atoms with Crippen LogP contribution in [0, 0.1) is 0 Å². The molecule has 1 nitrogen and oxygen atoms in total. The zero-order valence-electron chi connectivity index (χ0n) is 12.6. The van der Waals surface area contributed by atoms with E-state index in [1.54, 1.807) is 0 Å². The number of aromatic hydroxyl groups is 1. The monoisotopic (exact) mass is 530 g/mol. The van der Waals surface area contributed by atoms with E-state index < -0.39 is 11.9 Å². The Morgan fingerprint density at radius 2 is 1.05 bits per heavy atom. The maximum absolute atomic E-state index is 10.3. The predicted octanol–water partition coefficient (Wildman–Crippen LogP) is 6.74. The van der Waals surface area contributed by atoms with E-state index in [1.165, 1.54) is 0 Å². The standard InChI is InChI=1S/C14H22O.4ClH.W/c1-13(2,3)10-8-7-9-11(12(10)15)14(4,5)6;;;;;/h7-9,15H,1-6H3;4*1H;/q;;;;;+4/p-4. The Morgan fingerprint density at radius 1 is 0.800 bits per heavy atom. The molecule has 0 saturated heterocycles. The second-order valence-electron chi connectivity index (χ2n) is 6.55. The van der Waals surface area contributed by atoms with Crippen LogP contribution in [0.1, 0.15) is 52.7 Å². The van der Waals surface area contributed by atoms with E-state index in [0.717, 1.165) is 11.1 Å². The van der Waals surface area contributed by atoms with Gasteiger partial charge in [-0.25, -0.2) is 0 Å². The van der Waals surface area contributed by atoms with Crippen molar-refractivity contribution in [3.63, 3.8) is 0 Å². The molecule has 1 aromatic rings. The number of hydrogen-bond acceptors (Lipinski definition) is 1. The summed E-state index contributed by atoms with van der Waals surface area (Å²) in [5.41, 5.74) is 2.03. The van der Waals surface area contributed by atoms with Crippen LogP contribution in [-0.4, -0.2) is 5.11 Å². The van der Waals surface area contributed by atoms with Crippen LogP contribution < -0.4 is 0 Å². The minimum absolute atomic E-state index is 0.00859. The minimum atomic E-state index is -3.28. The molecule has 1 N–H and O–H groups in total. The summed E-state index contributed by atoms with van der Waals surface area (Å²) in [6.45, 7) is 12.7. The molecule has 0 heterocycles. The van der Waals surface area contributed by atoms with Gasteiger partial charge in [0.25, 0.3) is 0 Å². The topological polar surface area (TPSA) is 20.2 Å². The third-order valence-corrected chi connectivity index (χ3v) is 2.65. The second-order valence-corrected chi connectivity index (χ2v) is 32.0. The van der Waals surface area contributed by atoms with Gasteiger partial charge in [-0.1, -0.05) is 59.7 Å². The van der Waals surface area contributed by atoms with Gasteiger partial charge < -0.3 is 5.11 Å². The molecule has 1 rings (SSSR count). The van der Waals surface area contributed by atoms with Crippen LogP contribution in [0.5, 0.6) is 5.75 Å². The molecule has 0 aromatic heterocycles. The van der Waals surface area contributed by atoms with Crippen LogP contribution in [0.3, 0.4) is 0 Å². The van der Waals surface area contributed by atoms with Crippen LogP contribution in [0.2, 0.25) is 0 Å². The molecule has 0 aliphatic carbocycles. The van der Waals surface area contributed by atoms with E-state index in [-0.39, 0.29) is 10.8 Å². The second kappa shape index (κ2) is 7.42. The normalized spacial score (nSPS) is 13.5. The molecule has 6 heteroatoms. The van der Waals surface area contributed by atoms with Crippen LogP contribution in [0.25, 0.3) is 0 Å². The number of hydrogen-bond donors (Lipinski definition) is 1. The van der Waals surface area contributed by atoms with Gasteiger partial charge in [0.05, 0.1) is 0 Å². The summed E-state index contributed by atoms with van der Waals surface area (Å²) >= 11 is -3.28. The van der Waals surface area contributed by atoms with Gasteiger partial charge in [-0.2, -0.15) is 0 Å². The fraction of sp³-hybridized carbons (Fsp3) is 0.571. The molecule has 118 valence electrons. The van der Waals surface area contributed by atoms with Crippen LogP contribution >= 0.6 is 37.7 Å². The first-order valence-electron chi connectivity index (χ1n) is 6.08. The molecular formula is C14H22Cl4OW. The Bertz CT molecular complexity index is 404. The molecule has 20 heavy (non-hydrogen) atoms. The fourth-order valence-electron chi connectivity index (χ4n) is 1.75. The fourth-order valence-corrected chi connectivity index (χ4v) is 1.75. The Labute approximate surface area is 141 Å². The van der Waals surface area contributed by atoms with Crippen LogP contribution in [-0.2, 0) is 22.7 Å². The molecule has 0 spiro atoms. The SMILES string of the molecule is CC(C)(C)c1cccc(C(C)(C)C)c1O.[Cl][W]([Cl])([Cl])[Cl]. The molecule has 1 aromatic carbocycles. The van der Waals surface area contributed by atoms with Gasteiger partial charge in [0, 0.05) is 0 Å². The summed E-state index contributed by atoms with van der Waals surface area (Å²) in [6.07, 6.45) is 0. The van der Waals surface area contributed by atoms with Gasteiger partial charge in [0.2, 0.25) is 0 Å². The number of phenolic OH excluding ortho intramolecular Hbond substituents is 1. The average Bonchev–Trinajstić information content (AvgIpc) is 2.11. The molecule has 0 atom stereocenters. The first kappa shape index (κ1) is 20.9. The van der Waals surface area contributed by atoms with Crippen molar-refractivity contribution in [3.8, 4) is 5.75 Å². The van der Waals surface area contributed by atoms with E-state index in [1.807, 2.05) is 18.2 Å². The van der Waals surface area contributed by atoms with Crippen molar-refractivity contribution < 1.29 is 17.0 Å². The molecule has 0 aliphatic rings. The van der Waals surface area contributed by atoms with E-state index >= 15 is 0 Å². The quantitative estimate of drug-likeness (QED) is 0.393. The van der Waals surface area contributed by atoms with Crippen LogP contribution in [0.15, 0.2) is 18.2 Å². The number of phenols is 1. The first-order valence-corrected chi connectivity index (χ1v) is 20.6. The van der Waals surface area contributed by atoms with Gasteiger partial charge in [0.1, 0.15) is 5.75 Å². The Balaban J connectivity index is 0.000000621. The van der Waals surface area contributed by atoms with E-state index in [4.69, 9.17) is 37.7 Å². The molecule has 0 amide bonds. The van der Waals surface area contributed by atoms with Crippen molar-refractivity contribution in [1.82, 2.24) is 0 Å². The number of rotatable bonds is 0. The van der Waals surface area contributed by atoms with E-state index in [9.17, 15) is 5.11 Å². The van der Waals surface area contributed by atoms with E-state index in [0.29, 0.717) is 5.75 Å². The zero-order chi connectivity index (χ0) is 16.4. The maximum atomic E-state index is 10.3. The zero-order valence-corrected chi connectivity index (χ0v) is 18.6. The average molecular weight is 532 g/mol. The number of halogens is 4. The third-order valence-electron chi connectivity index (χ3n) is 2.65. The van der Waals surface area contributed by atoms with Crippen molar-refractivity contribution >= 4 is 37.7 Å². The summed E-state index contributed by atoms with van der Waals surface area (Å²) in [5, 5.41) is 10.3. The van der Waals surface area contributed by atoms with Crippen LogP contribution in [0.4, 0.5) is 0 Å². The van der Waals surface area contributed by atoms with Crippen molar-refractivity contribution in [3.05, 3.63) is 29.3 Å². The first-order chi connectivity index (χ1) is 8.64. The summed E-state index contributed by atoms with van der Waals surface area (Å²) < 4.78 is 0. The Morgan fingerprint density at radius 3 is 1.25 bits per heavy atom. The summed E-state index contributed by atoms with van der Waals surface area (Å²) in [7, 11) is 20.1. The summed E-state index contributed by atoms with van der Waals surface area (Å²) in [5.74, 6) is 0.456. The molecule has 0 bridgehead atoms. The number of benzene rings is 1. The number of para-hydroxylation sites is 1. The Kier molecular flexibility index (Phi) is 7.75. The van der Waals surface area contributed by atoms with Crippen molar-refractivity contribution in [1.29, 1.82) is 0 Å². The molecule has 0 saturated carbocycles. The summed E-state index contributed by atoms with van der Waals surface area (Å²) in [6, 6.07) is 6.04. The molecule has 0 fully saturated rings. The molecule has 0 unspecified atom stereocenters. The third kappa shape index (κ3) is 8.34. The Hall–Kier alpha value is 0.868. The molecule has 0 radical (unpaired) electrons. The van der Waals surface area contributed by atoms with Gasteiger partial charge in [-0.15, -0.1) is 0 Å². The van der Waals surface area contributed by atoms with Crippen molar-refractivity contribution in [2.75, 3.05) is 0 Å². The molecule has 0 aliphatic heterocycles. The van der Waals surface area contributed by atoms with Crippen molar-refractivity contribution in [2.24, 2.45) is 0 Å². The summed E-state index contributed by atoms with van der Waals surface area (Å²) in [4.78, 5) is 0. The van der Waals surface area contributed by atoms with Gasteiger partial charge in [0.15, 0.2) is 0 Å². The van der Waals surface area contributed by atoms with Crippen molar-refractivity contribution in [2.45, 2.75) is 52.4 Å². The van der Waals surface area contributed by atoms with Gasteiger partial charge in [-0.3, -0.25) is 0 Å². The van der Waals surface area contributed by atoms with Gasteiger partial charge in [-0.05, 0) is 22.0 Å².